The van der Waals surface area contributed by atoms with E-state index in [0.29, 0.717) is 17.5 Å². The molecule has 0 spiro atoms. The Bertz CT molecular complexity index is 2850. The van der Waals surface area contributed by atoms with E-state index >= 15 is 0 Å². The zero-order valence-electron chi connectivity index (χ0n) is 27.3. The fraction of sp³-hybridized carbons (Fsp3) is 0.0444. The van der Waals surface area contributed by atoms with Crippen molar-refractivity contribution in [2.24, 2.45) is 0 Å². The van der Waals surface area contributed by atoms with Gasteiger partial charge in [0.2, 0.25) is 0 Å². The van der Waals surface area contributed by atoms with Gasteiger partial charge in [0, 0.05) is 65.0 Å². The van der Waals surface area contributed by atoms with E-state index < -0.39 is 0 Å². The highest BCUT2D eigenvalue weighted by atomic mass is 32.1. The molecule has 51 heavy (non-hydrogen) atoms. The van der Waals surface area contributed by atoms with Crippen LogP contribution >= 0.6 is 11.3 Å². The maximum Gasteiger partial charge on any atom is 0.164 e. The van der Waals surface area contributed by atoms with Gasteiger partial charge in [0.15, 0.2) is 17.5 Å². The molecule has 0 saturated heterocycles. The predicted molar refractivity (Wildman–Crippen MR) is 207 cm³/mol. The predicted octanol–water partition coefficient (Wildman–Crippen LogP) is 11.4. The normalized spacial score (nSPS) is 15.9. The second kappa shape index (κ2) is 11.1. The number of nitrogens with zero attached hydrogens (tertiary/aromatic N) is 4. The quantitative estimate of drug-likeness (QED) is 0.187. The van der Waals surface area contributed by atoms with E-state index in [1.807, 2.05) is 29.5 Å². The number of aromatic nitrogens is 4. The molecule has 240 valence electrons. The van der Waals surface area contributed by atoms with Crippen molar-refractivity contribution in [2.75, 3.05) is 0 Å². The van der Waals surface area contributed by atoms with Crippen molar-refractivity contribution < 1.29 is 4.74 Å². The number of fused-ring (bicyclic) bond motifs is 10. The van der Waals surface area contributed by atoms with E-state index in [2.05, 4.69) is 144 Å². The number of ether oxygens (including phenoxy) is 1. The monoisotopic (exact) mass is 672 g/mol. The van der Waals surface area contributed by atoms with Crippen LogP contribution in [-0.4, -0.2) is 19.5 Å². The van der Waals surface area contributed by atoms with Crippen molar-refractivity contribution in [1.82, 2.24) is 19.5 Å². The standard InChI is InChI=1S/C45H28N4OS/c1-3-12-27(13-4-1)43-46-44(28-22-25-39-34(26-28)30-16-8-10-21-38(30)51-39)48-45(47-43)33-18-11-20-37-40(33)32-23-24-36-41(42(32)50-37)31-17-7-9-19-35(31)49(36)29-14-5-2-6-15-29/h1-26,32,42H. The summed E-state index contributed by atoms with van der Waals surface area (Å²) in [6.07, 6.45) is 4.39. The summed E-state index contributed by atoms with van der Waals surface area (Å²) in [5, 5.41) is 3.67. The molecule has 0 amide bonds. The molecule has 2 aliphatic rings. The topological polar surface area (TPSA) is 52.8 Å². The second-order valence-corrected chi connectivity index (χ2v) is 14.2. The van der Waals surface area contributed by atoms with Crippen LogP contribution in [0.25, 0.3) is 77.0 Å². The zero-order valence-corrected chi connectivity index (χ0v) is 28.1. The lowest BCUT2D eigenvalue weighted by molar-refractivity contribution is 0.224. The van der Waals surface area contributed by atoms with E-state index in [1.165, 1.54) is 36.6 Å². The minimum Gasteiger partial charge on any atom is -0.484 e. The highest BCUT2D eigenvalue weighted by molar-refractivity contribution is 7.25. The van der Waals surface area contributed by atoms with Crippen molar-refractivity contribution in [1.29, 1.82) is 0 Å². The lowest BCUT2D eigenvalue weighted by Crippen LogP contribution is -2.14. The lowest BCUT2D eigenvalue weighted by Gasteiger charge is -2.22. The van der Waals surface area contributed by atoms with Gasteiger partial charge in [0.1, 0.15) is 11.9 Å². The van der Waals surface area contributed by atoms with E-state index in [9.17, 15) is 0 Å². The van der Waals surface area contributed by atoms with Crippen molar-refractivity contribution in [3.8, 4) is 45.6 Å². The summed E-state index contributed by atoms with van der Waals surface area (Å²) < 4.78 is 11.8. The Morgan fingerprint density at radius 1 is 0.549 bits per heavy atom. The summed E-state index contributed by atoms with van der Waals surface area (Å²) in [4.78, 5) is 15.4. The number of hydrogen-bond donors (Lipinski definition) is 0. The van der Waals surface area contributed by atoms with E-state index in [-0.39, 0.29) is 12.0 Å². The number of rotatable bonds is 4. The fourth-order valence-corrected chi connectivity index (χ4v) is 9.07. The van der Waals surface area contributed by atoms with E-state index in [0.717, 1.165) is 39.4 Å². The summed E-state index contributed by atoms with van der Waals surface area (Å²) in [6.45, 7) is 0. The maximum atomic E-state index is 6.93. The SMILES string of the molecule is C1=CC2c3c(cccc3-c3nc(-c4ccccc4)nc(-c4ccc5sc6ccccc6c5c4)n3)OC2c2c1n(-c1ccccc1)c1ccccc21. The van der Waals surface area contributed by atoms with Crippen LogP contribution < -0.4 is 4.74 Å². The average molecular weight is 673 g/mol. The Balaban J connectivity index is 1.09. The van der Waals surface area contributed by atoms with Crippen molar-refractivity contribution in [3.05, 3.63) is 168 Å². The molecular weight excluding hydrogens is 645 g/mol. The summed E-state index contributed by atoms with van der Waals surface area (Å²) in [6, 6.07) is 50.8. The molecular formula is C45H28N4OS. The molecule has 5 nitrogen and oxygen atoms in total. The van der Waals surface area contributed by atoms with Crippen LogP contribution in [0.15, 0.2) is 152 Å². The molecule has 9 aromatic rings. The Morgan fingerprint density at radius 3 is 2.12 bits per heavy atom. The van der Waals surface area contributed by atoms with Gasteiger partial charge in [0.25, 0.3) is 0 Å². The molecule has 0 N–H and O–H groups in total. The van der Waals surface area contributed by atoms with Gasteiger partial charge in [-0.3, -0.25) is 0 Å². The maximum absolute atomic E-state index is 6.93. The molecule has 2 unspecified atom stereocenters. The average Bonchev–Trinajstić information content (AvgIpc) is 3.87. The van der Waals surface area contributed by atoms with Crippen LogP contribution in [0.2, 0.25) is 0 Å². The Morgan fingerprint density at radius 2 is 1.25 bits per heavy atom. The molecule has 2 atom stereocenters. The first kappa shape index (κ1) is 28.5. The van der Waals surface area contributed by atoms with Gasteiger partial charge >= 0.3 is 0 Å². The third-order valence-corrected chi connectivity index (χ3v) is 11.4. The molecule has 6 aromatic carbocycles. The number of para-hydroxylation sites is 2. The molecule has 1 aliphatic heterocycles. The van der Waals surface area contributed by atoms with Gasteiger partial charge in [-0.2, -0.15) is 0 Å². The Hall–Kier alpha value is -6.37. The highest BCUT2D eigenvalue weighted by Gasteiger charge is 2.42. The molecule has 0 fully saturated rings. The summed E-state index contributed by atoms with van der Waals surface area (Å²) in [7, 11) is 0. The van der Waals surface area contributed by atoms with Gasteiger partial charge < -0.3 is 9.30 Å². The minimum absolute atomic E-state index is 0.00681. The number of hydrogen-bond acceptors (Lipinski definition) is 5. The van der Waals surface area contributed by atoms with Crippen LogP contribution in [0.4, 0.5) is 0 Å². The summed E-state index contributed by atoms with van der Waals surface area (Å²) in [5.74, 6) is 2.79. The smallest absolute Gasteiger partial charge is 0.164 e. The van der Waals surface area contributed by atoms with Gasteiger partial charge in [-0.1, -0.05) is 103 Å². The first-order valence-corrected chi connectivity index (χ1v) is 18.0. The molecule has 4 heterocycles. The number of thiophene rings is 1. The van der Waals surface area contributed by atoms with Gasteiger partial charge in [-0.05, 0) is 54.6 Å². The first-order valence-electron chi connectivity index (χ1n) is 17.2. The van der Waals surface area contributed by atoms with Crippen molar-refractivity contribution in [2.45, 2.75) is 12.0 Å². The van der Waals surface area contributed by atoms with Crippen LogP contribution in [0.5, 0.6) is 5.75 Å². The van der Waals surface area contributed by atoms with E-state index in [4.69, 9.17) is 19.7 Å². The molecule has 0 radical (unpaired) electrons. The van der Waals surface area contributed by atoms with Gasteiger partial charge in [-0.25, -0.2) is 15.0 Å². The number of benzene rings is 6. The largest absolute Gasteiger partial charge is 0.484 e. The van der Waals surface area contributed by atoms with Crippen LogP contribution in [0.3, 0.4) is 0 Å². The lowest BCUT2D eigenvalue weighted by atomic mass is 9.83. The molecule has 11 rings (SSSR count). The van der Waals surface area contributed by atoms with Crippen LogP contribution in [0, 0.1) is 0 Å². The summed E-state index contributed by atoms with van der Waals surface area (Å²) >= 11 is 1.81. The third kappa shape index (κ3) is 4.36. The molecule has 1 aliphatic carbocycles. The van der Waals surface area contributed by atoms with Crippen LogP contribution in [-0.2, 0) is 0 Å². The minimum atomic E-state index is -0.180. The van der Waals surface area contributed by atoms with Gasteiger partial charge in [0.05, 0.1) is 11.2 Å². The molecule has 0 bridgehead atoms. The van der Waals surface area contributed by atoms with E-state index in [1.54, 1.807) is 0 Å². The highest BCUT2D eigenvalue weighted by Crippen LogP contribution is 2.55. The Kier molecular flexibility index (Phi) is 6.18. The fourth-order valence-electron chi connectivity index (χ4n) is 7.99. The Labute approximate surface area is 297 Å². The second-order valence-electron chi connectivity index (χ2n) is 13.1. The molecule has 0 saturated carbocycles. The third-order valence-electron chi connectivity index (χ3n) is 10.2. The molecule has 3 aromatic heterocycles. The molecule has 6 heteroatoms. The van der Waals surface area contributed by atoms with Crippen molar-refractivity contribution in [3.63, 3.8) is 0 Å². The first-order chi connectivity index (χ1) is 25.3. The zero-order chi connectivity index (χ0) is 33.5. The van der Waals surface area contributed by atoms with Crippen LogP contribution in [0.1, 0.15) is 28.8 Å². The van der Waals surface area contributed by atoms with Crippen molar-refractivity contribution >= 4 is 48.5 Å². The van der Waals surface area contributed by atoms with Gasteiger partial charge in [-0.15, -0.1) is 11.3 Å². The summed E-state index contributed by atoms with van der Waals surface area (Å²) in [5.41, 5.74) is 8.65.